The standard InChI is InChI=1S/C32H41F3N4O5/c1-7-16-42-20-39-28(32(33,34)35)37-27(38-39)25-10-8-22(17-21(25)2)23-9-11-26(36-18-23)43-24-12-14-31(15-13-24,19-41-6)29(40)44-30(3,4)5/h8-11,17-18,24H,7,12-16,19-20H2,1-6H3/t24-,31-. The van der Waals surface area contributed by atoms with Crippen LogP contribution in [0.5, 0.6) is 5.88 Å². The van der Waals surface area contributed by atoms with E-state index >= 15 is 0 Å². The Morgan fingerprint density at radius 3 is 2.36 bits per heavy atom. The van der Waals surface area contributed by atoms with Crippen molar-refractivity contribution in [3.63, 3.8) is 0 Å². The maximum absolute atomic E-state index is 13.6. The minimum Gasteiger partial charge on any atom is -0.474 e. The van der Waals surface area contributed by atoms with Gasteiger partial charge in [-0.3, -0.25) is 4.79 Å². The Kier molecular flexibility index (Phi) is 10.3. The van der Waals surface area contributed by atoms with E-state index in [2.05, 4.69) is 15.1 Å². The molecule has 1 fully saturated rings. The lowest BCUT2D eigenvalue weighted by atomic mass is 9.73. The first kappa shape index (κ1) is 33.4. The van der Waals surface area contributed by atoms with E-state index in [1.165, 1.54) is 0 Å². The molecule has 4 rings (SSSR count). The number of carbonyl (C=O) groups excluding carboxylic acids is 1. The van der Waals surface area contributed by atoms with Gasteiger partial charge < -0.3 is 18.9 Å². The van der Waals surface area contributed by atoms with E-state index in [0.29, 0.717) is 56.8 Å². The third-order valence-corrected chi connectivity index (χ3v) is 7.45. The van der Waals surface area contributed by atoms with Gasteiger partial charge in [-0.2, -0.15) is 13.2 Å². The molecule has 2 heterocycles. The van der Waals surface area contributed by atoms with Crippen LogP contribution in [-0.2, 0) is 31.9 Å². The zero-order valence-electron chi connectivity index (χ0n) is 26.2. The predicted molar refractivity (Wildman–Crippen MR) is 158 cm³/mol. The number of methoxy groups -OCH3 is 1. The minimum atomic E-state index is -4.66. The van der Waals surface area contributed by atoms with Gasteiger partial charge in [-0.15, -0.1) is 5.10 Å². The number of alkyl halides is 3. The second-order valence-electron chi connectivity index (χ2n) is 12.2. The highest BCUT2D eigenvalue weighted by atomic mass is 19.4. The number of rotatable bonds is 11. The fourth-order valence-corrected chi connectivity index (χ4v) is 5.27. The summed E-state index contributed by atoms with van der Waals surface area (Å²) in [6.07, 6.45) is 0.130. The first-order chi connectivity index (χ1) is 20.7. The average molecular weight is 619 g/mol. The highest BCUT2D eigenvalue weighted by Gasteiger charge is 2.45. The zero-order valence-corrected chi connectivity index (χ0v) is 26.2. The molecule has 1 aromatic carbocycles. The highest BCUT2D eigenvalue weighted by Crippen LogP contribution is 2.40. The van der Waals surface area contributed by atoms with Gasteiger partial charge in [0.05, 0.1) is 12.0 Å². The number of halogens is 3. The van der Waals surface area contributed by atoms with Gasteiger partial charge in [-0.25, -0.2) is 14.6 Å². The average Bonchev–Trinajstić information content (AvgIpc) is 3.38. The van der Waals surface area contributed by atoms with Crippen LogP contribution in [0, 0.1) is 12.3 Å². The van der Waals surface area contributed by atoms with Crippen LogP contribution in [0.25, 0.3) is 22.5 Å². The lowest BCUT2D eigenvalue weighted by Crippen LogP contribution is -2.45. The van der Waals surface area contributed by atoms with Crippen molar-refractivity contribution in [3.05, 3.63) is 47.9 Å². The van der Waals surface area contributed by atoms with E-state index in [4.69, 9.17) is 18.9 Å². The van der Waals surface area contributed by atoms with Crippen LogP contribution in [0.15, 0.2) is 36.5 Å². The van der Waals surface area contributed by atoms with E-state index in [1.807, 2.05) is 39.8 Å². The topological polar surface area (TPSA) is 97.6 Å². The largest absolute Gasteiger partial charge is 0.474 e. The molecule has 240 valence electrons. The summed E-state index contributed by atoms with van der Waals surface area (Å²) < 4.78 is 64.0. The van der Waals surface area contributed by atoms with Gasteiger partial charge >= 0.3 is 12.1 Å². The van der Waals surface area contributed by atoms with Gasteiger partial charge in [0.15, 0.2) is 5.82 Å². The Morgan fingerprint density at radius 2 is 1.80 bits per heavy atom. The third kappa shape index (κ3) is 8.15. The highest BCUT2D eigenvalue weighted by molar-refractivity contribution is 5.77. The molecule has 0 N–H and O–H groups in total. The predicted octanol–water partition coefficient (Wildman–Crippen LogP) is 7.01. The molecule has 12 heteroatoms. The molecule has 0 aliphatic heterocycles. The summed E-state index contributed by atoms with van der Waals surface area (Å²) in [5, 5.41) is 4.09. The molecule has 1 aliphatic carbocycles. The molecule has 0 amide bonds. The van der Waals surface area contributed by atoms with Crippen LogP contribution in [0.1, 0.15) is 71.2 Å². The van der Waals surface area contributed by atoms with Gasteiger partial charge in [0.25, 0.3) is 0 Å². The summed E-state index contributed by atoms with van der Waals surface area (Å²) in [5.74, 6) is -0.876. The molecule has 1 aliphatic rings. The van der Waals surface area contributed by atoms with Crippen molar-refractivity contribution in [1.82, 2.24) is 19.7 Å². The number of pyridine rings is 1. The molecular formula is C32H41F3N4O5. The Hall–Kier alpha value is -3.51. The van der Waals surface area contributed by atoms with Gasteiger partial charge in [0.1, 0.15) is 18.4 Å². The van der Waals surface area contributed by atoms with E-state index in [0.717, 1.165) is 21.4 Å². The van der Waals surface area contributed by atoms with Gasteiger partial charge in [-0.05, 0) is 77.0 Å². The van der Waals surface area contributed by atoms with E-state index < -0.39 is 23.0 Å². The summed E-state index contributed by atoms with van der Waals surface area (Å²) >= 11 is 0. The molecule has 0 unspecified atom stereocenters. The van der Waals surface area contributed by atoms with Gasteiger partial charge in [0, 0.05) is 37.1 Å². The zero-order chi connectivity index (χ0) is 32.1. The number of nitrogens with zero attached hydrogens (tertiary/aromatic N) is 4. The van der Waals surface area contributed by atoms with E-state index in [9.17, 15) is 18.0 Å². The number of hydrogen-bond donors (Lipinski definition) is 0. The molecule has 0 atom stereocenters. The van der Waals surface area contributed by atoms with Crippen LogP contribution in [-0.4, -0.2) is 57.7 Å². The first-order valence-corrected chi connectivity index (χ1v) is 14.8. The van der Waals surface area contributed by atoms with Gasteiger partial charge in [-0.1, -0.05) is 25.1 Å². The summed E-state index contributed by atoms with van der Waals surface area (Å²) in [5.41, 5.74) is 1.61. The number of aromatic nitrogens is 4. The summed E-state index contributed by atoms with van der Waals surface area (Å²) in [6, 6.07) is 9.05. The second kappa shape index (κ2) is 13.6. The molecule has 0 spiro atoms. The number of benzene rings is 1. The van der Waals surface area contributed by atoms with Crippen LogP contribution in [0.2, 0.25) is 0 Å². The quantitative estimate of drug-likeness (QED) is 0.167. The maximum atomic E-state index is 13.6. The summed E-state index contributed by atoms with van der Waals surface area (Å²) in [6.45, 7) is 9.54. The van der Waals surface area contributed by atoms with Crippen molar-refractivity contribution in [3.8, 4) is 28.4 Å². The summed E-state index contributed by atoms with van der Waals surface area (Å²) in [7, 11) is 1.59. The normalized spacial score (nSPS) is 19.2. The molecule has 3 aromatic rings. The molecule has 1 saturated carbocycles. The van der Waals surface area contributed by atoms with Crippen LogP contribution < -0.4 is 4.74 Å². The number of ether oxygens (including phenoxy) is 4. The Labute approximate surface area is 256 Å². The fraction of sp³-hybridized carbons (Fsp3) is 0.562. The smallest absolute Gasteiger partial charge is 0.451 e. The van der Waals surface area contributed by atoms with Crippen molar-refractivity contribution in [2.45, 2.75) is 91.3 Å². The Bertz CT molecular complexity index is 1410. The monoisotopic (exact) mass is 618 g/mol. The Balaban J connectivity index is 1.42. The van der Waals surface area contributed by atoms with Crippen molar-refractivity contribution in [2.24, 2.45) is 5.41 Å². The second-order valence-corrected chi connectivity index (χ2v) is 12.2. The Morgan fingerprint density at radius 1 is 1.09 bits per heavy atom. The lowest BCUT2D eigenvalue weighted by molar-refractivity contribution is -0.175. The molecule has 0 saturated heterocycles. The molecular weight excluding hydrogens is 577 g/mol. The number of esters is 1. The fourth-order valence-electron chi connectivity index (χ4n) is 5.27. The lowest BCUT2D eigenvalue weighted by Gasteiger charge is -2.39. The molecule has 44 heavy (non-hydrogen) atoms. The van der Waals surface area contributed by atoms with Crippen molar-refractivity contribution < 1.29 is 36.9 Å². The molecule has 2 aromatic heterocycles. The van der Waals surface area contributed by atoms with Crippen LogP contribution in [0.3, 0.4) is 0 Å². The minimum absolute atomic E-state index is 0.0167. The molecule has 9 nitrogen and oxygen atoms in total. The van der Waals surface area contributed by atoms with Crippen LogP contribution in [0.4, 0.5) is 13.2 Å². The SMILES string of the molecule is CCCOCn1nc(-c2ccc(-c3ccc(O[C@H]4CC[C@](COC)(C(=O)OC(C)(C)C)CC4)nc3)cc2C)nc1C(F)(F)F. The first-order valence-electron chi connectivity index (χ1n) is 14.8. The summed E-state index contributed by atoms with van der Waals surface area (Å²) in [4.78, 5) is 21.3. The van der Waals surface area contributed by atoms with Crippen molar-refractivity contribution in [1.29, 1.82) is 0 Å². The molecule has 0 radical (unpaired) electrons. The maximum Gasteiger partial charge on any atom is 0.451 e. The van der Waals surface area contributed by atoms with Crippen LogP contribution >= 0.6 is 0 Å². The van der Waals surface area contributed by atoms with Crippen molar-refractivity contribution >= 4 is 5.97 Å². The number of carbonyl (C=O) groups is 1. The number of hydrogen-bond acceptors (Lipinski definition) is 8. The molecule has 0 bridgehead atoms. The van der Waals surface area contributed by atoms with Gasteiger partial charge in [0.2, 0.25) is 11.7 Å². The van der Waals surface area contributed by atoms with E-state index in [1.54, 1.807) is 38.4 Å². The van der Waals surface area contributed by atoms with E-state index in [-0.39, 0.29) is 24.6 Å². The third-order valence-electron chi connectivity index (χ3n) is 7.45. The number of aryl methyl sites for hydroxylation is 1. The van der Waals surface area contributed by atoms with Crippen molar-refractivity contribution in [2.75, 3.05) is 20.3 Å².